The standard InChI is InChI=1S/C20H22N4O2/c1-14-2-4-15(5-3-14)6-9-19(25)21-10-11-22-20(26)16-7-8-17-18(12-16)24-13-23-17/h2-5,7-8,12-13H,6,9-11H2,1H3,(H,21,25)(H,22,26)(H,23,24). The number of hydrogen-bond donors (Lipinski definition) is 3. The van der Waals surface area contributed by atoms with Crippen molar-refractivity contribution in [2.75, 3.05) is 13.1 Å². The fourth-order valence-corrected chi connectivity index (χ4v) is 2.66. The third kappa shape index (κ3) is 4.69. The molecular formula is C20H22N4O2. The number of aromatic amines is 1. The lowest BCUT2D eigenvalue weighted by atomic mass is 10.1. The minimum Gasteiger partial charge on any atom is -0.354 e. The monoisotopic (exact) mass is 350 g/mol. The van der Waals surface area contributed by atoms with Crippen LogP contribution in [-0.4, -0.2) is 34.9 Å². The maximum Gasteiger partial charge on any atom is 0.251 e. The highest BCUT2D eigenvalue weighted by atomic mass is 16.2. The molecule has 6 heteroatoms. The van der Waals surface area contributed by atoms with Gasteiger partial charge >= 0.3 is 0 Å². The van der Waals surface area contributed by atoms with Crippen molar-refractivity contribution in [2.45, 2.75) is 19.8 Å². The summed E-state index contributed by atoms with van der Waals surface area (Å²) in [6, 6.07) is 13.5. The second-order valence-electron chi connectivity index (χ2n) is 6.23. The Balaban J connectivity index is 1.37. The smallest absolute Gasteiger partial charge is 0.251 e. The van der Waals surface area contributed by atoms with Gasteiger partial charge in [-0.05, 0) is 37.1 Å². The highest BCUT2D eigenvalue weighted by molar-refractivity contribution is 5.97. The van der Waals surface area contributed by atoms with Gasteiger partial charge in [-0.15, -0.1) is 0 Å². The van der Waals surface area contributed by atoms with Crippen LogP contribution in [0.4, 0.5) is 0 Å². The molecule has 134 valence electrons. The Morgan fingerprint density at radius 2 is 1.81 bits per heavy atom. The summed E-state index contributed by atoms with van der Waals surface area (Å²) in [6.07, 6.45) is 2.74. The number of imidazole rings is 1. The van der Waals surface area contributed by atoms with Crippen molar-refractivity contribution in [2.24, 2.45) is 0 Å². The van der Waals surface area contributed by atoms with Crippen molar-refractivity contribution in [3.63, 3.8) is 0 Å². The summed E-state index contributed by atoms with van der Waals surface area (Å²) in [6.45, 7) is 2.83. The van der Waals surface area contributed by atoms with Gasteiger partial charge in [-0.3, -0.25) is 9.59 Å². The number of H-pyrrole nitrogens is 1. The van der Waals surface area contributed by atoms with Gasteiger partial charge in [0, 0.05) is 25.1 Å². The van der Waals surface area contributed by atoms with Crippen LogP contribution in [0.25, 0.3) is 11.0 Å². The van der Waals surface area contributed by atoms with Crippen molar-refractivity contribution in [3.05, 3.63) is 65.5 Å². The highest BCUT2D eigenvalue weighted by Crippen LogP contribution is 2.11. The van der Waals surface area contributed by atoms with Crippen LogP contribution in [0.3, 0.4) is 0 Å². The molecule has 0 spiro atoms. The zero-order valence-corrected chi connectivity index (χ0v) is 14.7. The van der Waals surface area contributed by atoms with Crippen molar-refractivity contribution in [1.82, 2.24) is 20.6 Å². The molecule has 0 atom stereocenters. The molecule has 0 bridgehead atoms. The van der Waals surface area contributed by atoms with Crippen LogP contribution in [-0.2, 0) is 11.2 Å². The van der Waals surface area contributed by atoms with Crippen LogP contribution in [0.15, 0.2) is 48.8 Å². The predicted molar refractivity (Wildman–Crippen MR) is 101 cm³/mol. The molecule has 6 nitrogen and oxygen atoms in total. The fourth-order valence-electron chi connectivity index (χ4n) is 2.66. The van der Waals surface area contributed by atoms with E-state index in [4.69, 9.17) is 0 Å². The molecule has 0 saturated heterocycles. The Hall–Kier alpha value is -3.15. The molecule has 2 amide bonds. The quantitative estimate of drug-likeness (QED) is 0.572. The minimum atomic E-state index is -0.171. The molecule has 0 unspecified atom stereocenters. The summed E-state index contributed by atoms with van der Waals surface area (Å²) in [5, 5.41) is 5.63. The van der Waals surface area contributed by atoms with E-state index >= 15 is 0 Å². The van der Waals surface area contributed by atoms with E-state index < -0.39 is 0 Å². The topological polar surface area (TPSA) is 86.9 Å². The maximum absolute atomic E-state index is 12.1. The Labute approximate surface area is 152 Å². The van der Waals surface area contributed by atoms with Gasteiger partial charge in [0.25, 0.3) is 5.91 Å². The molecule has 3 aromatic rings. The number of carbonyl (C=O) groups is 2. The normalized spacial score (nSPS) is 10.7. The molecular weight excluding hydrogens is 328 g/mol. The molecule has 2 aromatic carbocycles. The van der Waals surface area contributed by atoms with E-state index in [1.54, 1.807) is 24.5 Å². The molecule has 0 radical (unpaired) electrons. The van der Waals surface area contributed by atoms with Crippen molar-refractivity contribution >= 4 is 22.8 Å². The minimum absolute atomic E-state index is 0.0151. The predicted octanol–water partition coefficient (Wildman–Crippen LogP) is 2.35. The summed E-state index contributed by atoms with van der Waals surface area (Å²) in [5.41, 5.74) is 4.56. The van der Waals surface area contributed by atoms with Crippen molar-refractivity contribution in [1.29, 1.82) is 0 Å². The van der Waals surface area contributed by atoms with E-state index in [1.807, 2.05) is 31.2 Å². The van der Waals surface area contributed by atoms with Crippen LogP contribution >= 0.6 is 0 Å². The number of benzene rings is 2. The molecule has 1 aromatic heterocycles. The molecule has 0 aliphatic rings. The number of hydrogen-bond acceptors (Lipinski definition) is 3. The first-order valence-corrected chi connectivity index (χ1v) is 8.65. The van der Waals surface area contributed by atoms with Crippen LogP contribution < -0.4 is 10.6 Å². The van der Waals surface area contributed by atoms with Gasteiger partial charge in [0.05, 0.1) is 17.4 Å². The SMILES string of the molecule is Cc1ccc(CCC(=O)NCCNC(=O)c2ccc3nc[nH]c3c2)cc1. The lowest BCUT2D eigenvalue weighted by Gasteiger charge is -2.07. The number of nitrogens with zero attached hydrogens (tertiary/aromatic N) is 1. The second-order valence-corrected chi connectivity index (χ2v) is 6.23. The number of amides is 2. The number of aromatic nitrogens is 2. The zero-order valence-electron chi connectivity index (χ0n) is 14.7. The van der Waals surface area contributed by atoms with Crippen molar-refractivity contribution < 1.29 is 9.59 Å². The average molecular weight is 350 g/mol. The second kappa shape index (κ2) is 8.29. The third-order valence-corrected chi connectivity index (χ3v) is 4.18. The van der Waals surface area contributed by atoms with Crippen LogP contribution in [0.1, 0.15) is 27.9 Å². The van der Waals surface area contributed by atoms with E-state index in [0.717, 1.165) is 16.6 Å². The first kappa shape index (κ1) is 17.7. The fraction of sp³-hybridized carbons (Fsp3) is 0.250. The van der Waals surface area contributed by atoms with E-state index in [9.17, 15) is 9.59 Å². The Morgan fingerprint density at radius 1 is 1.04 bits per heavy atom. The lowest BCUT2D eigenvalue weighted by Crippen LogP contribution is -2.34. The summed E-state index contributed by atoms with van der Waals surface area (Å²) in [5.74, 6) is -0.186. The third-order valence-electron chi connectivity index (χ3n) is 4.18. The number of aryl methyl sites for hydroxylation is 2. The maximum atomic E-state index is 12.1. The van der Waals surface area contributed by atoms with Crippen molar-refractivity contribution in [3.8, 4) is 0 Å². The summed E-state index contributed by atoms with van der Waals surface area (Å²) in [4.78, 5) is 31.1. The largest absolute Gasteiger partial charge is 0.354 e. The van der Waals surface area contributed by atoms with Gasteiger partial charge in [0.15, 0.2) is 0 Å². The van der Waals surface area contributed by atoms with E-state index in [-0.39, 0.29) is 11.8 Å². The molecule has 3 N–H and O–H groups in total. The summed E-state index contributed by atoms with van der Waals surface area (Å²) in [7, 11) is 0. The van der Waals surface area contributed by atoms with Gasteiger partial charge in [-0.25, -0.2) is 4.98 Å². The molecule has 26 heavy (non-hydrogen) atoms. The van der Waals surface area contributed by atoms with Gasteiger partial charge in [0.1, 0.15) is 0 Å². The Morgan fingerprint density at radius 3 is 2.62 bits per heavy atom. The molecule has 0 aliphatic carbocycles. The van der Waals surface area contributed by atoms with Crippen LogP contribution in [0.5, 0.6) is 0 Å². The van der Waals surface area contributed by atoms with Gasteiger partial charge in [-0.2, -0.15) is 0 Å². The first-order chi connectivity index (χ1) is 12.6. The lowest BCUT2D eigenvalue weighted by molar-refractivity contribution is -0.121. The van der Waals surface area contributed by atoms with Crippen LogP contribution in [0, 0.1) is 6.92 Å². The summed E-state index contributed by atoms with van der Waals surface area (Å²) >= 11 is 0. The number of fused-ring (bicyclic) bond motifs is 1. The highest BCUT2D eigenvalue weighted by Gasteiger charge is 2.07. The van der Waals surface area contributed by atoms with E-state index in [1.165, 1.54) is 5.56 Å². The number of nitrogens with one attached hydrogen (secondary N) is 3. The molecule has 0 fully saturated rings. The average Bonchev–Trinajstić information content (AvgIpc) is 3.12. The zero-order chi connectivity index (χ0) is 18.4. The van der Waals surface area contributed by atoms with Gasteiger partial charge in [-0.1, -0.05) is 29.8 Å². The van der Waals surface area contributed by atoms with Gasteiger partial charge in [0.2, 0.25) is 5.91 Å². The van der Waals surface area contributed by atoms with E-state index in [0.29, 0.717) is 31.5 Å². The Kier molecular flexibility index (Phi) is 5.63. The molecule has 1 heterocycles. The first-order valence-electron chi connectivity index (χ1n) is 8.65. The summed E-state index contributed by atoms with van der Waals surface area (Å²) < 4.78 is 0. The number of rotatable bonds is 7. The van der Waals surface area contributed by atoms with Crippen LogP contribution in [0.2, 0.25) is 0 Å². The molecule has 0 saturated carbocycles. The number of carbonyl (C=O) groups excluding carboxylic acids is 2. The van der Waals surface area contributed by atoms with E-state index in [2.05, 4.69) is 20.6 Å². The molecule has 0 aliphatic heterocycles. The van der Waals surface area contributed by atoms with Gasteiger partial charge < -0.3 is 15.6 Å². The Bertz CT molecular complexity index is 900. The molecule has 3 rings (SSSR count).